The van der Waals surface area contributed by atoms with Crippen LogP contribution in [0, 0.1) is 11.3 Å². The Kier molecular flexibility index (Phi) is 4.30. The molecular weight excluding hydrogens is 196 g/mol. The maximum absolute atomic E-state index is 8.85. The molecule has 1 rings (SSSR count). The standard InChI is InChI=1S/C10H12N2OS/c1-13-4-5-14-10-3-2-9(12)6-8(10)7-11/h2-3,6H,4-5,12H2,1H3. The van der Waals surface area contributed by atoms with Crippen LogP contribution in [0.25, 0.3) is 0 Å². The van der Waals surface area contributed by atoms with Gasteiger partial charge in [-0.2, -0.15) is 5.26 Å². The van der Waals surface area contributed by atoms with Crippen molar-refractivity contribution in [2.75, 3.05) is 25.2 Å². The van der Waals surface area contributed by atoms with Crippen molar-refractivity contribution < 1.29 is 4.74 Å². The first-order valence-corrected chi connectivity index (χ1v) is 5.18. The third kappa shape index (κ3) is 2.95. The molecule has 0 aliphatic carbocycles. The second kappa shape index (κ2) is 5.53. The molecule has 1 aromatic rings. The quantitative estimate of drug-likeness (QED) is 0.466. The Hall–Kier alpha value is -1.18. The van der Waals surface area contributed by atoms with Gasteiger partial charge in [-0.3, -0.25) is 0 Å². The van der Waals surface area contributed by atoms with Crippen LogP contribution in [0.3, 0.4) is 0 Å². The van der Waals surface area contributed by atoms with E-state index in [1.54, 1.807) is 31.0 Å². The minimum atomic E-state index is 0.623. The van der Waals surface area contributed by atoms with Crippen LogP contribution in [0.1, 0.15) is 5.56 Å². The second-order valence-electron chi connectivity index (χ2n) is 2.71. The number of methoxy groups -OCH3 is 1. The molecule has 3 nitrogen and oxygen atoms in total. The monoisotopic (exact) mass is 208 g/mol. The van der Waals surface area contributed by atoms with Crippen molar-refractivity contribution in [3.8, 4) is 6.07 Å². The van der Waals surface area contributed by atoms with E-state index in [1.807, 2.05) is 6.07 Å². The van der Waals surface area contributed by atoms with Crippen molar-refractivity contribution >= 4 is 17.4 Å². The van der Waals surface area contributed by atoms with Crippen LogP contribution >= 0.6 is 11.8 Å². The van der Waals surface area contributed by atoms with Crippen LogP contribution in [0.2, 0.25) is 0 Å². The maximum atomic E-state index is 8.85. The zero-order valence-corrected chi connectivity index (χ0v) is 8.80. The molecule has 0 spiro atoms. The molecule has 1 aromatic carbocycles. The van der Waals surface area contributed by atoms with E-state index in [4.69, 9.17) is 15.7 Å². The van der Waals surface area contributed by atoms with Crippen molar-refractivity contribution in [1.29, 1.82) is 5.26 Å². The summed E-state index contributed by atoms with van der Waals surface area (Å²) in [5, 5.41) is 8.85. The Balaban J connectivity index is 2.72. The second-order valence-corrected chi connectivity index (χ2v) is 3.85. The van der Waals surface area contributed by atoms with Crippen LogP contribution in [0.5, 0.6) is 0 Å². The molecule has 0 bridgehead atoms. The van der Waals surface area contributed by atoms with Gasteiger partial charge in [0, 0.05) is 23.4 Å². The number of hydrogen-bond acceptors (Lipinski definition) is 4. The fourth-order valence-corrected chi connectivity index (χ4v) is 1.89. The lowest BCUT2D eigenvalue weighted by Crippen LogP contribution is -1.93. The number of nitrogens with zero attached hydrogens (tertiary/aromatic N) is 1. The minimum absolute atomic E-state index is 0.623. The predicted octanol–water partition coefficient (Wildman–Crippen LogP) is 1.88. The number of benzene rings is 1. The van der Waals surface area contributed by atoms with Crippen molar-refractivity contribution in [2.24, 2.45) is 0 Å². The fraction of sp³-hybridized carbons (Fsp3) is 0.300. The van der Waals surface area contributed by atoms with Gasteiger partial charge in [0.1, 0.15) is 6.07 Å². The highest BCUT2D eigenvalue weighted by Gasteiger charge is 2.02. The average Bonchev–Trinajstić information content (AvgIpc) is 2.20. The number of rotatable bonds is 4. The number of ether oxygens (including phenoxy) is 1. The van der Waals surface area contributed by atoms with Gasteiger partial charge in [-0.05, 0) is 18.2 Å². The van der Waals surface area contributed by atoms with Crippen molar-refractivity contribution in [1.82, 2.24) is 0 Å². The van der Waals surface area contributed by atoms with E-state index < -0.39 is 0 Å². The van der Waals surface area contributed by atoms with Gasteiger partial charge in [0.2, 0.25) is 0 Å². The third-order valence-electron chi connectivity index (χ3n) is 1.67. The first-order chi connectivity index (χ1) is 6.77. The number of nitriles is 1. The van der Waals surface area contributed by atoms with E-state index >= 15 is 0 Å². The molecule has 14 heavy (non-hydrogen) atoms. The molecule has 0 unspecified atom stereocenters. The average molecular weight is 208 g/mol. The molecule has 0 aromatic heterocycles. The summed E-state index contributed by atoms with van der Waals surface area (Å²) in [6.07, 6.45) is 0. The number of hydrogen-bond donors (Lipinski definition) is 1. The van der Waals surface area contributed by atoms with Gasteiger partial charge >= 0.3 is 0 Å². The molecule has 74 valence electrons. The Morgan fingerprint density at radius 1 is 1.57 bits per heavy atom. The lowest BCUT2D eigenvalue weighted by Gasteiger charge is -2.03. The van der Waals surface area contributed by atoms with Crippen LogP contribution in [-0.4, -0.2) is 19.5 Å². The summed E-state index contributed by atoms with van der Waals surface area (Å²) in [5.41, 5.74) is 6.83. The van der Waals surface area contributed by atoms with Crippen LogP contribution in [-0.2, 0) is 4.74 Å². The smallest absolute Gasteiger partial charge is 0.100 e. The predicted molar refractivity (Wildman–Crippen MR) is 58.2 cm³/mol. The van der Waals surface area contributed by atoms with E-state index in [-0.39, 0.29) is 0 Å². The summed E-state index contributed by atoms with van der Waals surface area (Å²) >= 11 is 1.60. The van der Waals surface area contributed by atoms with Gasteiger partial charge in [-0.1, -0.05) is 0 Å². The molecule has 0 saturated carbocycles. The van der Waals surface area contributed by atoms with E-state index in [0.717, 1.165) is 10.6 Å². The van der Waals surface area contributed by atoms with Gasteiger partial charge in [0.25, 0.3) is 0 Å². The third-order valence-corrected chi connectivity index (χ3v) is 2.71. The maximum Gasteiger partial charge on any atom is 0.100 e. The lowest BCUT2D eigenvalue weighted by atomic mass is 10.2. The number of thioether (sulfide) groups is 1. The summed E-state index contributed by atoms with van der Waals surface area (Å²) in [7, 11) is 1.66. The fourth-order valence-electron chi connectivity index (χ4n) is 0.996. The normalized spacial score (nSPS) is 9.71. The van der Waals surface area contributed by atoms with E-state index in [1.165, 1.54) is 0 Å². The van der Waals surface area contributed by atoms with Crippen LogP contribution in [0.4, 0.5) is 5.69 Å². The molecule has 0 amide bonds. The Morgan fingerprint density at radius 3 is 3.00 bits per heavy atom. The highest BCUT2D eigenvalue weighted by Crippen LogP contribution is 2.23. The van der Waals surface area contributed by atoms with E-state index in [0.29, 0.717) is 17.9 Å². The highest BCUT2D eigenvalue weighted by molar-refractivity contribution is 7.99. The Morgan fingerprint density at radius 2 is 2.36 bits per heavy atom. The lowest BCUT2D eigenvalue weighted by molar-refractivity contribution is 0.218. The SMILES string of the molecule is COCCSc1ccc(N)cc1C#N. The topological polar surface area (TPSA) is 59.0 Å². The van der Waals surface area contributed by atoms with Crippen molar-refractivity contribution in [3.63, 3.8) is 0 Å². The number of nitrogen functional groups attached to an aromatic ring is 1. The van der Waals surface area contributed by atoms with E-state index in [9.17, 15) is 0 Å². The molecule has 0 atom stereocenters. The Labute approximate surface area is 87.9 Å². The minimum Gasteiger partial charge on any atom is -0.399 e. The summed E-state index contributed by atoms with van der Waals surface area (Å²) < 4.78 is 4.93. The summed E-state index contributed by atoms with van der Waals surface area (Å²) in [6, 6.07) is 7.48. The van der Waals surface area contributed by atoms with E-state index in [2.05, 4.69) is 6.07 Å². The highest BCUT2D eigenvalue weighted by atomic mass is 32.2. The molecule has 2 N–H and O–H groups in total. The molecule has 4 heteroatoms. The first kappa shape index (κ1) is 10.9. The van der Waals surface area contributed by atoms with Gasteiger partial charge in [0.05, 0.1) is 12.2 Å². The molecule has 0 aliphatic rings. The molecule has 0 aliphatic heterocycles. The number of nitrogens with two attached hydrogens (primary N) is 1. The summed E-state index contributed by atoms with van der Waals surface area (Å²) in [5.74, 6) is 0.842. The number of anilines is 1. The van der Waals surface area contributed by atoms with Crippen LogP contribution in [0.15, 0.2) is 23.1 Å². The van der Waals surface area contributed by atoms with Gasteiger partial charge in [-0.15, -0.1) is 11.8 Å². The van der Waals surface area contributed by atoms with Crippen molar-refractivity contribution in [3.05, 3.63) is 23.8 Å². The molecular formula is C10H12N2OS. The molecule has 0 heterocycles. The first-order valence-electron chi connectivity index (χ1n) is 4.19. The summed E-state index contributed by atoms with van der Waals surface area (Å²) in [6.45, 7) is 0.680. The summed E-state index contributed by atoms with van der Waals surface area (Å²) in [4.78, 5) is 0.957. The zero-order valence-electron chi connectivity index (χ0n) is 7.99. The van der Waals surface area contributed by atoms with Crippen LogP contribution < -0.4 is 5.73 Å². The van der Waals surface area contributed by atoms with Gasteiger partial charge in [0.15, 0.2) is 0 Å². The molecule has 0 radical (unpaired) electrons. The molecule has 0 fully saturated rings. The van der Waals surface area contributed by atoms with Gasteiger partial charge in [-0.25, -0.2) is 0 Å². The largest absolute Gasteiger partial charge is 0.399 e. The molecule has 0 saturated heterocycles. The van der Waals surface area contributed by atoms with Gasteiger partial charge < -0.3 is 10.5 Å². The van der Waals surface area contributed by atoms with Crippen molar-refractivity contribution in [2.45, 2.75) is 4.90 Å². The zero-order chi connectivity index (χ0) is 10.4. The Bertz CT molecular complexity index is 346.